The standard InChI is InChI=1S/C16H23NO2/c1-3-11-6-7-17(10-11)15-8-12-4-5-13(19-2)9-14(12)16(15)18/h4-5,9,11,15-16,18H,3,6-8,10H2,1-2H3. The molecule has 1 aromatic carbocycles. The number of methoxy groups -OCH3 is 1. The molecule has 1 N–H and O–H groups in total. The van der Waals surface area contributed by atoms with Crippen molar-refractivity contribution in [2.75, 3.05) is 20.2 Å². The van der Waals surface area contributed by atoms with Gasteiger partial charge in [0.1, 0.15) is 5.75 Å². The lowest BCUT2D eigenvalue weighted by atomic mass is 10.1. The third kappa shape index (κ3) is 2.26. The molecule has 3 nitrogen and oxygen atoms in total. The van der Waals surface area contributed by atoms with E-state index in [1.165, 1.54) is 18.4 Å². The van der Waals surface area contributed by atoms with Crippen molar-refractivity contribution in [2.24, 2.45) is 5.92 Å². The Balaban J connectivity index is 1.77. The van der Waals surface area contributed by atoms with E-state index >= 15 is 0 Å². The lowest BCUT2D eigenvalue weighted by Gasteiger charge is -2.26. The Hall–Kier alpha value is -1.06. The fourth-order valence-electron chi connectivity index (χ4n) is 3.53. The summed E-state index contributed by atoms with van der Waals surface area (Å²) >= 11 is 0. The molecule has 1 fully saturated rings. The van der Waals surface area contributed by atoms with Gasteiger partial charge in [-0.25, -0.2) is 0 Å². The molecule has 0 amide bonds. The minimum atomic E-state index is -0.360. The van der Waals surface area contributed by atoms with Crippen LogP contribution in [-0.2, 0) is 6.42 Å². The van der Waals surface area contributed by atoms with E-state index in [0.717, 1.165) is 36.7 Å². The monoisotopic (exact) mass is 261 g/mol. The molecule has 2 aliphatic rings. The molecule has 1 aliphatic heterocycles. The highest BCUT2D eigenvalue weighted by Crippen LogP contribution is 2.38. The zero-order valence-corrected chi connectivity index (χ0v) is 11.8. The van der Waals surface area contributed by atoms with E-state index in [4.69, 9.17) is 4.74 Å². The summed E-state index contributed by atoms with van der Waals surface area (Å²) in [6.07, 6.45) is 3.14. The van der Waals surface area contributed by atoms with Crippen molar-refractivity contribution in [1.82, 2.24) is 4.90 Å². The van der Waals surface area contributed by atoms with E-state index in [1.807, 2.05) is 12.1 Å². The average Bonchev–Trinajstić information content (AvgIpc) is 3.03. The first-order chi connectivity index (χ1) is 9.22. The number of nitrogens with zero attached hydrogens (tertiary/aromatic N) is 1. The van der Waals surface area contributed by atoms with E-state index in [2.05, 4.69) is 17.9 Å². The van der Waals surface area contributed by atoms with Crippen LogP contribution in [0.25, 0.3) is 0 Å². The Labute approximate surface area is 115 Å². The van der Waals surface area contributed by atoms with Crippen LogP contribution in [0.4, 0.5) is 0 Å². The van der Waals surface area contributed by atoms with E-state index in [1.54, 1.807) is 7.11 Å². The number of hydrogen-bond acceptors (Lipinski definition) is 3. The Kier molecular flexibility index (Phi) is 3.50. The Morgan fingerprint density at radius 1 is 1.42 bits per heavy atom. The molecule has 0 radical (unpaired) electrons. The van der Waals surface area contributed by atoms with Gasteiger partial charge in [0.2, 0.25) is 0 Å². The molecule has 1 aromatic rings. The summed E-state index contributed by atoms with van der Waals surface area (Å²) in [5, 5.41) is 10.6. The molecule has 1 saturated heterocycles. The van der Waals surface area contributed by atoms with Gasteiger partial charge < -0.3 is 9.84 Å². The minimum absolute atomic E-state index is 0.263. The van der Waals surface area contributed by atoms with Crippen molar-refractivity contribution in [2.45, 2.75) is 38.3 Å². The fraction of sp³-hybridized carbons (Fsp3) is 0.625. The molecule has 0 saturated carbocycles. The number of rotatable bonds is 3. The average molecular weight is 261 g/mol. The Bertz CT molecular complexity index is 460. The van der Waals surface area contributed by atoms with Crippen LogP contribution in [0.15, 0.2) is 18.2 Å². The fourth-order valence-corrected chi connectivity index (χ4v) is 3.53. The highest BCUT2D eigenvalue weighted by atomic mass is 16.5. The summed E-state index contributed by atoms with van der Waals surface area (Å²) in [4.78, 5) is 2.48. The van der Waals surface area contributed by atoms with Crippen LogP contribution in [0.5, 0.6) is 5.75 Å². The predicted octanol–water partition coefficient (Wildman–Crippen LogP) is 2.39. The quantitative estimate of drug-likeness (QED) is 0.907. The molecule has 0 aromatic heterocycles. The summed E-state index contributed by atoms with van der Waals surface area (Å²) in [7, 11) is 1.67. The highest BCUT2D eigenvalue weighted by Gasteiger charge is 2.38. The van der Waals surface area contributed by atoms with E-state index in [-0.39, 0.29) is 12.1 Å². The van der Waals surface area contributed by atoms with E-state index in [0.29, 0.717) is 0 Å². The Morgan fingerprint density at radius 2 is 2.26 bits per heavy atom. The second-order valence-corrected chi connectivity index (χ2v) is 5.84. The predicted molar refractivity (Wildman–Crippen MR) is 75.4 cm³/mol. The van der Waals surface area contributed by atoms with Crippen LogP contribution >= 0.6 is 0 Å². The molecule has 3 rings (SSSR count). The van der Waals surface area contributed by atoms with Crippen molar-refractivity contribution >= 4 is 0 Å². The van der Waals surface area contributed by atoms with Gasteiger partial charge in [-0.15, -0.1) is 0 Å². The maximum absolute atomic E-state index is 10.6. The summed E-state index contributed by atoms with van der Waals surface area (Å²) in [6, 6.07) is 6.35. The number of likely N-dealkylation sites (tertiary alicyclic amines) is 1. The molecule has 0 spiro atoms. The molecule has 1 heterocycles. The molecular weight excluding hydrogens is 238 g/mol. The SMILES string of the molecule is CCC1CCN(C2Cc3ccc(OC)cc3C2O)C1. The maximum Gasteiger partial charge on any atom is 0.119 e. The van der Waals surface area contributed by atoms with Gasteiger partial charge in [0, 0.05) is 12.6 Å². The van der Waals surface area contributed by atoms with Crippen molar-refractivity contribution in [3.8, 4) is 5.75 Å². The van der Waals surface area contributed by atoms with Crippen LogP contribution in [0.2, 0.25) is 0 Å². The Morgan fingerprint density at radius 3 is 2.95 bits per heavy atom. The second kappa shape index (κ2) is 5.14. The van der Waals surface area contributed by atoms with Crippen LogP contribution in [-0.4, -0.2) is 36.2 Å². The van der Waals surface area contributed by atoms with Gasteiger partial charge in [0.15, 0.2) is 0 Å². The van der Waals surface area contributed by atoms with E-state index < -0.39 is 0 Å². The largest absolute Gasteiger partial charge is 0.497 e. The normalized spacial score (nSPS) is 30.6. The third-order valence-corrected chi connectivity index (χ3v) is 4.83. The van der Waals surface area contributed by atoms with Crippen molar-refractivity contribution < 1.29 is 9.84 Å². The summed E-state index contributed by atoms with van der Waals surface area (Å²) in [5.41, 5.74) is 2.34. The maximum atomic E-state index is 10.6. The van der Waals surface area contributed by atoms with Gasteiger partial charge in [0.25, 0.3) is 0 Å². The number of hydrogen-bond donors (Lipinski definition) is 1. The number of aliphatic hydroxyl groups is 1. The van der Waals surface area contributed by atoms with Crippen molar-refractivity contribution in [3.05, 3.63) is 29.3 Å². The van der Waals surface area contributed by atoms with Crippen molar-refractivity contribution in [1.29, 1.82) is 0 Å². The number of benzene rings is 1. The molecule has 19 heavy (non-hydrogen) atoms. The van der Waals surface area contributed by atoms with Gasteiger partial charge in [-0.05, 0) is 48.6 Å². The lowest BCUT2D eigenvalue weighted by Crippen LogP contribution is -2.36. The first kappa shape index (κ1) is 12.9. The summed E-state index contributed by atoms with van der Waals surface area (Å²) in [5.74, 6) is 1.65. The van der Waals surface area contributed by atoms with Crippen LogP contribution in [0.3, 0.4) is 0 Å². The zero-order chi connectivity index (χ0) is 13.4. The smallest absolute Gasteiger partial charge is 0.119 e. The topological polar surface area (TPSA) is 32.7 Å². The van der Waals surface area contributed by atoms with Gasteiger partial charge >= 0.3 is 0 Å². The molecule has 3 atom stereocenters. The van der Waals surface area contributed by atoms with Gasteiger partial charge in [-0.1, -0.05) is 19.4 Å². The number of ether oxygens (including phenoxy) is 1. The summed E-state index contributed by atoms with van der Waals surface area (Å²) in [6.45, 7) is 4.54. The minimum Gasteiger partial charge on any atom is -0.497 e. The first-order valence-corrected chi connectivity index (χ1v) is 7.31. The second-order valence-electron chi connectivity index (χ2n) is 5.84. The van der Waals surface area contributed by atoms with Gasteiger partial charge in [-0.2, -0.15) is 0 Å². The molecular formula is C16H23NO2. The van der Waals surface area contributed by atoms with Crippen LogP contribution < -0.4 is 4.74 Å². The van der Waals surface area contributed by atoms with Gasteiger partial charge in [0.05, 0.1) is 13.2 Å². The molecule has 1 aliphatic carbocycles. The zero-order valence-electron chi connectivity index (χ0n) is 11.8. The summed E-state index contributed by atoms with van der Waals surface area (Å²) < 4.78 is 5.26. The lowest BCUT2D eigenvalue weighted by molar-refractivity contribution is 0.0725. The van der Waals surface area contributed by atoms with Crippen molar-refractivity contribution in [3.63, 3.8) is 0 Å². The van der Waals surface area contributed by atoms with Gasteiger partial charge in [-0.3, -0.25) is 4.90 Å². The number of fused-ring (bicyclic) bond motifs is 1. The first-order valence-electron chi connectivity index (χ1n) is 7.31. The highest BCUT2D eigenvalue weighted by molar-refractivity contribution is 5.41. The molecule has 3 heteroatoms. The molecule has 104 valence electrons. The van der Waals surface area contributed by atoms with E-state index in [9.17, 15) is 5.11 Å². The van der Waals surface area contributed by atoms with Crippen LogP contribution in [0.1, 0.15) is 37.0 Å². The molecule has 3 unspecified atom stereocenters. The van der Waals surface area contributed by atoms with Crippen LogP contribution in [0, 0.1) is 5.92 Å². The third-order valence-electron chi connectivity index (χ3n) is 4.83. The molecule has 0 bridgehead atoms. The number of aliphatic hydroxyl groups excluding tert-OH is 1.